The number of halogens is 3. The highest BCUT2D eigenvalue weighted by molar-refractivity contribution is 6.03. The van der Waals surface area contributed by atoms with Crippen LogP contribution in [0.15, 0.2) is 54.6 Å². The molecule has 1 aromatic heterocycles. The average Bonchev–Trinajstić information content (AvgIpc) is 3.10. The van der Waals surface area contributed by atoms with E-state index in [4.69, 9.17) is 0 Å². The van der Waals surface area contributed by atoms with Crippen LogP contribution in [0.3, 0.4) is 0 Å². The quantitative estimate of drug-likeness (QED) is 0.779. The number of nitrogens with zero attached hydrogens (tertiary/aromatic N) is 2. The third-order valence-electron chi connectivity index (χ3n) is 3.41. The normalized spacial score (nSPS) is 17.3. The highest BCUT2D eigenvalue weighted by atomic mass is 19.4. The number of alkyl halides is 3. The lowest BCUT2D eigenvalue weighted by molar-refractivity contribution is -0.137. The van der Waals surface area contributed by atoms with Crippen molar-refractivity contribution in [1.82, 2.24) is 25.7 Å². The Morgan fingerprint density at radius 3 is 2.64 bits per heavy atom. The van der Waals surface area contributed by atoms with Crippen molar-refractivity contribution in [3.63, 3.8) is 0 Å². The molecule has 0 saturated heterocycles. The van der Waals surface area contributed by atoms with Crippen molar-refractivity contribution in [2.75, 3.05) is 0 Å². The van der Waals surface area contributed by atoms with E-state index >= 15 is 0 Å². The van der Waals surface area contributed by atoms with E-state index in [1.807, 2.05) is 0 Å². The van der Waals surface area contributed by atoms with E-state index in [-0.39, 0.29) is 5.70 Å². The SMILES string of the molecule is O=C1NC(n2cccn2)NC=C1NC(=O)c1ccccc1C(F)(F)F. The molecule has 2 amide bonds. The van der Waals surface area contributed by atoms with Crippen LogP contribution in [0.5, 0.6) is 0 Å². The molecule has 0 fully saturated rings. The van der Waals surface area contributed by atoms with Gasteiger partial charge in [-0.1, -0.05) is 12.1 Å². The Morgan fingerprint density at radius 1 is 1.24 bits per heavy atom. The Bertz CT molecular complexity index is 830. The maximum atomic E-state index is 13.0. The van der Waals surface area contributed by atoms with E-state index in [0.29, 0.717) is 0 Å². The van der Waals surface area contributed by atoms with Crippen LogP contribution >= 0.6 is 0 Å². The first-order valence-electron chi connectivity index (χ1n) is 7.10. The van der Waals surface area contributed by atoms with E-state index in [1.165, 1.54) is 29.2 Å². The number of benzene rings is 1. The van der Waals surface area contributed by atoms with Gasteiger partial charge < -0.3 is 16.0 Å². The maximum absolute atomic E-state index is 13.0. The lowest BCUT2D eigenvalue weighted by Crippen LogP contribution is -2.48. The largest absolute Gasteiger partial charge is 0.417 e. The van der Waals surface area contributed by atoms with E-state index in [2.05, 4.69) is 21.0 Å². The van der Waals surface area contributed by atoms with Crippen molar-refractivity contribution in [3.05, 3.63) is 65.7 Å². The Kier molecular flexibility index (Phi) is 4.17. The van der Waals surface area contributed by atoms with E-state index in [9.17, 15) is 22.8 Å². The van der Waals surface area contributed by atoms with Gasteiger partial charge in [0.15, 0.2) is 6.29 Å². The minimum Gasteiger partial charge on any atom is -0.351 e. The number of aromatic nitrogens is 2. The van der Waals surface area contributed by atoms with Crippen molar-refractivity contribution >= 4 is 11.8 Å². The molecule has 0 bridgehead atoms. The number of carbonyl (C=O) groups is 2. The Balaban J connectivity index is 1.77. The third-order valence-corrected chi connectivity index (χ3v) is 3.41. The van der Waals surface area contributed by atoms with Crippen molar-refractivity contribution in [2.45, 2.75) is 12.5 Å². The number of hydrogen-bond donors (Lipinski definition) is 3. The van der Waals surface area contributed by atoms with Crippen molar-refractivity contribution in [1.29, 1.82) is 0 Å². The predicted molar refractivity (Wildman–Crippen MR) is 79.5 cm³/mol. The smallest absolute Gasteiger partial charge is 0.351 e. The van der Waals surface area contributed by atoms with Crippen molar-refractivity contribution in [2.24, 2.45) is 0 Å². The summed E-state index contributed by atoms with van der Waals surface area (Å²) in [5, 5.41) is 11.4. The lowest BCUT2D eigenvalue weighted by atomic mass is 10.1. The van der Waals surface area contributed by atoms with Crippen molar-refractivity contribution in [3.8, 4) is 0 Å². The van der Waals surface area contributed by atoms with Gasteiger partial charge in [0.2, 0.25) is 0 Å². The molecule has 0 radical (unpaired) electrons. The zero-order valence-corrected chi connectivity index (χ0v) is 12.5. The second kappa shape index (κ2) is 6.30. The molecular weight excluding hydrogens is 339 g/mol. The number of carbonyl (C=O) groups excluding carboxylic acids is 2. The molecule has 3 N–H and O–H groups in total. The number of hydrogen-bond acceptors (Lipinski definition) is 4. The first-order valence-corrected chi connectivity index (χ1v) is 7.10. The summed E-state index contributed by atoms with van der Waals surface area (Å²) in [6, 6.07) is 5.99. The van der Waals surface area contributed by atoms with Gasteiger partial charge >= 0.3 is 6.18 Å². The monoisotopic (exact) mass is 351 g/mol. The molecule has 1 aliphatic heterocycles. The molecule has 1 aliphatic rings. The van der Waals surface area contributed by atoms with Gasteiger partial charge in [0.1, 0.15) is 5.70 Å². The molecule has 10 heteroatoms. The van der Waals surface area contributed by atoms with E-state index in [0.717, 1.165) is 12.1 Å². The van der Waals surface area contributed by atoms with Crippen LogP contribution in [0.2, 0.25) is 0 Å². The fourth-order valence-corrected chi connectivity index (χ4v) is 2.26. The Labute approximate surface area is 139 Å². The minimum absolute atomic E-state index is 0.203. The molecule has 2 aromatic rings. The molecular formula is C15H12F3N5O2. The molecule has 3 rings (SSSR count). The second-order valence-corrected chi connectivity index (χ2v) is 5.08. The molecule has 1 unspecified atom stereocenters. The summed E-state index contributed by atoms with van der Waals surface area (Å²) in [7, 11) is 0. The summed E-state index contributed by atoms with van der Waals surface area (Å²) in [4.78, 5) is 24.2. The highest BCUT2D eigenvalue weighted by Crippen LogP contribution is 2.31. The molecule has 1 aromatic carbocycles. The van der Waals surface area contributed by atoms with Crippen LogP contribution in [0.4, 0.5) is 13.2 Å². The first-order chi connectivity index (χ1) is 11.9. The summed E-state index contributed by atoms with van der Waals surface area (Å²) >= 11 is 0. The number of amides is 2. The van der Waals surface area contributed by atoms with Gasteiger partial charge in [-0.2, -0.15) is 18.3 Å². The fourth-order valence-electron chi connectivity index (χ4n) is 2.26. The van der Waals surface area contributed by atoms with Crippen LogP contribution in [-0.2, 0) is 11.0 Å². The first kappa shape index (κ1) is 16.6. The molecule has 2 heterocycles. The van der Waals surface area contributed by atoms with Gasteiger partial charge in [-0.05, 0) is 18.2 Å². The zero-order valence-electron chi connectivity index (χ0n) is 12.5. The van der Waals surface area contributed by atoms with Gasteiger partial charge in [-0.15, -0.1) is 0 Å². The average molecular weight is 351 g/mol. The second-order valence-electron chi connectivity index (χ2n) is 5.08. The summed E-state index contributed by atoms with van der Waals surface area (Å²) in [6.45, 7) is 0. The number of rotatable bonds is 3. The van der Waals surface area contributed by atoms with Crippen molar-refractivity contribution < 1.29 is 22.8 Å². The van der Waals surface area contributed by atoms with Gasteiger partial charge in [-0.25, -0.2) is 4.68 Å². The minimum atomic E-state index is -4.68. The van der Waals surface area contributed by atoms with Crippen LogP contribution in [-0.4, -0.2) is 21.6 Å². The molecule has 0 spiro atoms. The van der Waals surface area contributed by atoms with Gasteiger partial charge in [0.25, 0.3) is 11.8 Å². The molecule has 0 saturated carbocycles. The highest BCUT2D eigenvalue weighted by Gasteiger charge is 2.35. The standard InChI is InChI=1S/C15H12F3N5O2/c16-15(17,18)10-5-2-1-4-9(10)12(24)21-11-8-19-14(22-13(11)25)23-7-3-6-20-23/h1-8,14,19H,(H,21,24)(H,22,25). The lowest BCUT2D eigenvalue weighted by Gasteiger charge is -2.25. The Hall–Kier alpha value is -3.30. The summed E-state index contributed by atoms with van der Waals surface area (Å²) in [6.07, 6.45) is -1.01. The third kappa shape index (κ3) is 3.47. The molecule has 25 heavy (non-hydrogen) atoms. The summed E-state index contributed by atoms with van der Waals surface area (Å²) in [5.74, 6) is -1.69. The molecule has 130 valence electrons. The topological polar surface area (TPSA) is 88.1 Å². The van der Waals surface area contributed by atoms with Gasteiger partial charge in [0, 0.05) is 18.6 Å². The molecule has 7 nitrogen and oxygen atoms in total. The summed E-state index contributed by atoms with van der Waals surface area (Å²) < 4.78 is 40.4. The summed E-state index contributed by atoms with van der Waals surface area (Å²) in [5.41, 5.74) is -1.85. The number of nitrogens with one attached hydrogen (secondary N) is 3. The fraction of sp³-hybridized carbons (Fsp3) is 0.133. The maximum Gasteiger partial charge on any atom is 0.417 e. The van der Waals surface area contributed by atoms with E-state index < -0.39 is 35.4 Å². The Morgan fingerprint density at radius 2 is 2.00 bits per heavy atom. The molecule has 1 atom stereocenters. The van der Waals surface area contributed by atoms with Crippen LogP contribution in [0, 0.1) is 0 Å². The molecule has 0 aliphatic carbocycles. The zero-order chi connectivity index (χ0) is 18.0. The van der Waals surface area contributed by atoms with Gasteiger partial charge in [-0.3, -0.25) is 9.59 Å². The van der Waals surface area contributed by atoms with Gasteiger partial charge in [0.05, 0.1) is 11.1 Å². The predicted octanol–water partition coefficient (Wildman–Crippen LogP) is 1.35. The van der Waals surface area contributed by atoms with Crippen LogP contribution in [0.25, 0.3) is 0 Å². The van der Waals surface area contributed by atoms with Crippen LogP contribution in [0.1, 0.15) is 22.2 Å². The van der Waals surface area contributed by atoms with E-state index in [1.54, 1.807) is 12.3 Å². The van der Waals surface area contributed by atoms with Crippen LogP contribution < -0.4 is 16.0 Å².